The van der Waals surface area contributed by atoms with Crippen LogP contribution in [0.15, 0.2) is 23.1 Å². The summed E-state index contributed by atoms with van der Waals surface area (Å²) >= 11 is 6.11. The summed E-state index contributed by atoms with van der Waals surface area (Å²) in [5, 5.41) is 6.48. The van der Waals surface area contributed by atoms with Gasteiger partial charge in [-0.2, -0.15) is 4.31 Å². The number of urea groups is 1. The Morgan fingerprint density at radius 2 is 1.66 bits per heavy atom. The van der Waals surface area contributed by atoms with Crippen molar-refractivity contribution in [2.45, 2.75) is 69.6 Å². The van der Waals surface area contributed by atoms with E-state index in [4.69, 9.17) is 11.6 Å². The van der Waals surface area contributed by atoms with Crippen molar-refractivity contribution in [2.75, 3.05) is 19.6 Å². The van der Waals surface area contributed by atoms with Crippen LogP contribution in [0.25, 0.3) is 0 Å². The average molecular weight is 483 g/mol. The number of halogens is 1. The number of rotatable bonds is 5. The van der Waals surface area contributed by atoms with Gasteiger partial charge < -0.3 is 10.6 Å². The molecule has 0 atom stereocenters. The number of piperidine rings is 1. The van der Waals surface area contributed by atoms with Gasteiger partial charge in [0.2, 0.25) is 10.0 Å². The third kappa shape index (κ3) is 7.63. The molecule has 1 aromatic carbocycles. The van der Waals surface area contributed by atoms with E-state index in [2.05, 4.69) is 10.6 Å². The molecule has 32 heavy (non-hydrogen) atoms. The summed E-state index contributed by atoms with van der Waals surface area (Å²) in [5.41, 5.74) is 0.589. The molecule has 0 unspecified atom stereocenters. The molecule has 1 aliphatic heterocycles. The predicted molar refractivity (Wildman–Crippen MR) is 130 cm³/mol. The highest BCUT2D eigenvalue weighted by Gasteiger charge is 2.31. The van der Waals surface area contributed by atoms with E-state index in [1.807, 2.05) is 0 Å². The molecular weight excluding hydrogens is 446 g/mol. The molecular formula is C24H37ClN3O3S. The summed E-state index contributed by atoms with van der Waals surface area (Å²) in [4.78, 5) is 12.5. The maximum absolute atomic E-state index is 13.0. The van der Waals surface area contributed by atoms with Crippen molar-refractivity contribution in [1.82, 2.24) is 14.9 Å². The van der Waals surface area contributed by atoms with Gasteiger partial charge in [-0.05, 0) is 56.2 Å². The third-order valence-electron chi connectivity index (χ3n) is 6.21. The van der Waals surface area contributed by atoms with E-state index in [-0.39, 0.29) is 31.7 Å². The Morgan fingerprint density at radius 1 is 1.06 bits per heavy atom. The molecule has 1 saturated heterocycles. The number of hydrogen-bond donors (Lipinski definition) is 2. The van der Waals surface area contributed by atoms with E-state index in [1.165, 1.54) is 23.6 Å². The first-order valence-electron chi connectivity index (χ1n) is 11.0. The van der Waals surface area contributed by atoms with Gasteiger partial charge in [0, 0.05) is 24.7 Å². The van der Waals surface area contributed by atoms with Crippen molar-refractivity contribution in [1.29, 1.82) is 0 Å². The summed E-state index contributed by atoms with van der Waals surface area (Å²) in [7, 11) is -3.55. The van der Waals surface area contributed by atoms with E-state index in [9.17, 15) is 13.2 Å². The predicted octanol–water partition coefficient (Wildman–Crippen LogP) is 5.28. The number of carbonyl (C=O) groups is 1. The smallest absolute Gasteiger partial charge is 0.315 e. The van der Waals surface area contributed by atoms with Crippen LogP contribution in [0.4, 0.5) is 4.79 Å². The number of sulfonamides is 1. The molecule has 2 fully saturated rings. The van der Waals surface area contributed by atoms with E-state index in [0.29, 0.717) is 30.2 Å². The topological polar surface area (TPSA) is 78.5 Å². The molecule has 0 spiro atoms. The number of hydrogen-bond acceptors (Lipinski definition) is 3. The highest BCUT2D eigenvalue weighted by molar-refractivity contribution is 7.89. The maximum atomic E-state index is 13.0. The molecule has 0 aromatic heterocycles. The first-order valence-corrected chi connectivity index (χ1v) is 12.8. The van der Waals surface area contributed by atoms with Crippen LogP contribution in [0.1, 0.15) is 63.4 Å². The van der Waals surface area contributed by atoms with Crippen molar-refractivity contribution >= 4 is 27.7 Å². The molecule has 0 bridgehead atoms. The molecule has 179 valence electrons. The summed E-state index contributed by atoms with van der Waals surface area (Å²) in [6.45, 7) is 3.22. The molecule has 6 nitrogen and oxygen atoms in total. The lowest BCUT2D eigenvalue weighted by Crippen LogP contribution is -2.44. The van der Waals surface area contributed by atoms with Crippen LogP contribution in [-0.4, -0.2) is 38.4 Å². The van der Waals surface area contributed by atoms with Gasteiger partial charge in [-0.15, -0.1) is 0 Å². The van der Waals surface area contributed by atoms with Gasteiger partial charge >= 0.3 is 6.03 Å². The van der Waals surface area contributed by atoms with Gasteiger partial charge in [0.15, 0.2) is 0 Å². The number of nitrogens with one attached hydrogen (secondary N) is 2. The third-order valence-corrected chi connectivity index (χ3v) is 8.66. The first kappa shape index (κ1) is 28.7. The van der Waals surface area contributed by atoms with E-state index < -0.39 is 10.0 Å². The summed E-state index contributed by atoms with van der Waals surface area (Å²) in [6, 6.07) is 6.00. The van der Waals surface area contributed by atoms with E-state index in [1.54, 1.807) is 25.1 Å². The molecule has 1 aromatic rings. The fourth-order valence-corrected chi connectivity index (χ4v) is 6.21. The molecule has 2 N–H and O–H groups in total. The van der Waals surface area contributed by atoms with Crippen molar-refractivity contribution in [2.24, 2.45) is 5.92 Å². The standard InChI is InChI=1S/C22H33ClN3O3S.2CH2/c1-17-20(23)10-7-11-21(17)30(28,29)26-14-12-18(13-15-26)16-24-22(27)25-19-8-5-3-2-4-6-9-19;;/h7,10-11,18H,2-6,8-9,12-16H2,1H3,(H2,24,25,27);2*1H2. The molecule has 3 rings (SSSR count). The van der Waals surface area contributed by atoms with Gasteiger partial charge in [-0.3, -0.25) is 0 Å². The second-order valence-electron chi connectivity index (χ2n) is 8.42. The minimum absolute atomic E-state index is 0. The Hall–Kier alpha value is -1.31. The van der Waals surface area contributed by atoms with Crippen LogP contribution in [0.2, 0.25) is 5.02 Å². The highest BCUT2D eigenvalue weighted by Crippen LogP contribution is 2.28. The van der Waals surface area contributed by atoms with Gasteiger partial charge in [-0.25, -0.2) is 13.2 Å². The quantitative estimate of drug-likeness (QED) is 0.599. The molecule has 1 saturated carbocycles. The largest absolute Gasteiger partial charge is 0.338 e. The second-order valence-corrected chi connectivity index (χ2v) is 10.7. The van der Waals surface area contributed by atoms with E-state index >= 15 is 0 Å². The molecule has 8 heteroatoms. The normalized spacial score (nSPS) is 19.1. The minimum atomic E-state index is -3.55. The van der Waals surface area contributed by atoms with Crippen molar-refractivity contribution in [3.05, 3.63) is 49.7 Å². The average Bonchev–Trinajstić information content (AvgIpc) is 2.70. The van der Waals surface area contributed by atoms with Crippen LogP contribution in [0.3, 0.4) is 0 Å². The van der Waals surface area contributed by atoms with Gasteiger partial charge in [-0.1, -0.05) is 64.6 Å². The summed E-state index contributed by atoms with van der Waals surface area (Å²) < 4.78 is 27.5. The zero-order valence-electron chi connectivity index (χ0n) is 19.2. The van der Waals surface area contributed by atoms with Crippen molar-refractivity contribution in [3.63, 3.8) is 0 Å². The van der Waals surface area contributed by atoms with Gasteiger partial charge in [0.05, 0.1) is 10.9 Å². The lowest BCUT2D eigenvalue weighted by Gasteiger charge is -2.31. The number of benzene rings is 1. The first-order chi connectivity index (χ1) is 14.4. The Balaban J connectivity index is 0.00000256. The highest BCUT2D eigenvalue weighted by atomic mass is 35.5. The lowest BCUT2D eigenvalue weighted by molar-refractivity contribution is 0.230. The monoisotopic (exact) mass is 482 g/mol. The van der Waals surface area contributed by atoms with Crippen LogP contribution in [0.5, 0.6) is 0 Å². The number of amides is 2. The van der Waals surface area contributed by atoms with Gasteiger partial charge in [0.25, 0.3) is 0 Å². The zero-order valence-corrected chi connectivity index (χ0v) is 20.7. The Morgan fingerprint density at radius 3 is 2.28 bits per heavy atom. The maximum Gasteiger partial charge on any atom is 0.315 e. The Bertz CT molecular complexity index is 816. The Labute approximate surface area is 200 Å². The van der Waals surface area contributed by atoms with E-state index in [0.717, 1.165) is 44.6 Å². The molecule has 1 heterocycles. The zero-order chi connectivity index (χ0) is 21.6. The lowest BCUT2D eigenvalue weighted by atomic mass is 9.97. The van der Waals surface area contributed by atoms with Crippen molar-refractivity contribution in [3.8, 4) is 0 Å². The van der Waals surface area contributed by atoms with Crippen LogP contribution >= 0.6 is 11.6 Å². The number of carbonyl (C=O) groups excluding carboxylic acids is 1. The van der Waals surface area contributed by atoms with Gasteiger partial charge in [0.1, 0.15) is 0 Å². The molecule has 5 radical (unpaired) electrons. The fourth-order valence-electron chi connectivity index (χ4n) is 4.26. The number of nitrogens with zero attached hydrogens (tertiary/aromatic N) is 1. The van der Waals surface area contributed by atoms with Crippen molar-refractivity contribution < 1.29 is 13.2 Å². The van der Waals surface area contributed by atoms with Crippen LogP contribution in [-0.2, 0) is 10.0 Å². The summed E-state index contributed by atoms with van der Waals surface area (Å²) in [5.74, 6) is 0.282. The second kappa shape index (κ2) is 13.4. The molecule has 2 aliphatic rings. The van der Waals surface area contributed by atoms with Crippen LogP contribution in [0, 0.1) is 33.7 Å². The van der Waals surface area contributed by atoms with Crippen LogP contribution < -0.4 is 10.6 Å². The molecule has 1 aliphatic carbocycles. The SMILES string of the molecule is Cc1c(Cl)cccc1S(=O)(=O)N1CCC(CNC(=O)N[C]2CCCCCCC2)CC1.[CH2].[CH2]. The Kier molecular flexibility index (Phi) is 12.0. The fraction of sp³-hybridized carbons (Fsp3) is 0.583. The summed E-state index contributed by atoms with van der Waals surface area (Å²) in [6.07, 6.45) is 9.49. The minimum Gasteiger partial charge on any atom is -0.338 e. The molecule has 2 amide bonds.